The average Bonchev–Trinajstić information content (AvgIpc) is 3.22. The van der Waals surface area contributed by atoms with Gasteiger partial charge in [-0.15, -0.1) is 0 Å². The summed E-state index contributed by atoms with van der Waals surface area (Å²) in [4.78, 5) is 15.5. The predicted octanol–water partition coefficient (Wildman–Crippen LogP) is 3.35. The molecule has 8 heteroatoms. The molecular weight excluding hydrogens is 436 g/mol. The van der Waals surface area contributed by atoms with Crippen LogP contribution in [0.15, 0.2) is 35.4 Å². The van der Waals surface area contributed by atoms with E-state index in [1.165, 1.54) is 36.4 Å². The van der Waals surface area contributed by atoms with Gasteiger partial charge >= 0.3 is 0 Å². The molecule has 0 unspecified atom stereocenters. The van der Waals surface area contributed by atoms with Gasteiger partial charge in [0.15, 0.2) is 0 Å². The molecule has 0 bridgehead atoms. The molecule has 182 valence electrons. The van der Waals surface area contributed by atoms with E-state index in [1.807, 2.05) is 29.9 Å². The van der Waals surface area contributed by atoms with Crippen LogP contribution in [0.1, 0.15) is 51.4 Å². The zero-order chi connectivity index (χ0) is 23.4. The number of nitrogens with zero attached hydrogens (tertiary/aromatic N) is 3. The number of carbonyl (C=O) groups excluding carboxylic acids is 1. The van der Waals surface area contributed by atoms with Crippen LogP contribution in [0.25, 0.3) is 10.9 Å². The lowest BCUT2D eigenvalue weighted by Gasteiger charge is -2.32. The molecule has 1 aromatic carbocycles. The van der Waals surface area contributed by atoms with Crippen LogP contribution in [0.2, 0.25) is 0 Å². The van der Waals surface area contributed by atoms with E-state index in [1.54, 1.807) is 12.1 Å². The molecule has 1 amide bonds. The number of sulfonamides is 1. The Morgan fingerprint density at radius 3 is 2.70 bits per heavy atom. The second-order valence-electron chi connectivity index (χ2n) is 9.77. The van der Waals surface area contributed by atoms with Gasteiger partial charge in [-0.25, -0.2) is 8.42 Å². The lowest BCUT2D eigenvalue weighted by molar-refractivity contribution is -0.126. The summed E-state index contributed by atoms with van der Waals surface area (Å²) in [6, 6.07) is 7.86. The number of carbonyl (C=O) groups is 1. The lowest BCUT2D eigenvalue weighted by atomic mass is 9.94. The van der Waals surface area contributed by atoms with Crippen molar-refractivity contribution in [1.82, 2.24) is 19.1 Å². The Balaban J connectivity index is 1.29. The third-order valence-electron chi connectivity index (χ3n) is 7.43. The third-order valence-corrected chi connectivity index (χ3v) is 9.30. The van der Waals surface area contributed by atoms with Gasteiger partial charge in [0.05, 0.1) is 10.8 Å². The van der Waals surface area contributed by atoms with Crippen LogP contribution in [0.5, 0.6) is 0 Å². The molecule has 1 atom stereocenters. The van der Waals surface area contributed by atoms with Crippen LogP contribution in [0.3, 0.4) is 0 Å². The normalized spacial score (nSPS) is 21.0. The monoisotopic (exact) mass is 474 g/mol. The number of hydrogen-bond donors (Lipinski definition) is 1. The highest BCUT2D eigenvalue weighted by atomic mass is 32.2. The van der Waals surface area contributed by atoms with Crippen LogP contribution in [0.4, 0.5) is 0 Å². The topological polar surface area (TPSA) is 74.7 Å². The van der Waals surface area contributed by atoms with Gasteiger partial charge < -0.3 is 14.8 Å². The fourth-order valence-electron chi connectivity index (χ4n) is 5.33. The molecule has 1 aliphatic carbocycles. The SMILES string of the molecule is CN(CCCNC(=O)[C@H]1CCCN(S(=O)(=O)c2ccc3c(ccn3C)c2)C1)C1CCCCC1. The number of nitrogens with one attached hydrogen (secondary N) is 1. The van der Waals surface area contributed by atoms with Crippen molar-refractivity contribution in [1.29, 1.82) is 0 Å². The molecule has 1 aliphatic heterocycles. The fourth-order valence-corrected chi connectivity index (χ4v) is 6.89. The maximum Gasteiger partial charge on any atom is 0.243 e. The molecule has 1 aromatic heterocycles. The van der Waals surface area contributed by atoms with Gasteiger partial charge in [-0.1, -0.05) is 19.3 Å². The summed E-state index contributed by atoms with van der Waals surface area (Å²) in [6.45, 7) is 2.34. The Kier molecular flexibility index (Phi) is 7.76. The molecule has 4 rings (SSSR count). The van der Waals surface area contributed by atoms with E-state index in [-0.39, 0.29) is 18.4 Å². The first-order valence-corrected chi connectivity index (χ1v) is 13.8. The minimum Gasteiger partial charge on any atom is -0.356 e. The van der Waals surface area contributed by atoms with Gasteiger partial charge in [-0.05, 0) is 70.0 Å². The largest absolute Gasteiger partial charge is 0.356 e. The Morgan fingerprint density at radius 2 is 1.91 bits per heavy atom. The summed E-state index contributed by atoms with van der Waals surface area (Å²) >= 11 is 0. The smallest absolute Gasteiger partial charge is 0.243 e. The van der Waals surface area contributed by atoms with Crippen LogP contribution < -0.4 is 5.32 Å². The van der Waals surface area contributed by atoms with E-state index in [0.29, 0.717) is 30.4 Å². The van der Waals surface area contributed by atoms with E-state index in [4.69, 9.17) is 0 Å². The number of amides is 1. The maximum absolute atomic E-state index is 13.3. The molecule has 2 heterocycles. The maximum atomic E-state index is 13.3. The number of fused-ring (bicyclic) bond motifs is 1. The highest BCUT2D eigenvalue weighted by molar-refractivity contribution is 7.89. The second-order valence-corrected chi connectivity index (χ2v) is 11.7. The molecule has 1 saturated heterocycles. The van der Waals surface area contributed by atoms with E-state index in [9.17, 15) is 13.2 Å². The summed E-state index contributed by atoms with van der Waals surface area (Å²) in [5.41, 5.74) is 0.999. The minimum atomic E-state index is -3.62. The summed E-state index contributed by atoms with van der Waals surface area (Å²) in [5.74, 6) is -0.307. The minimum absolute atomic E-state index is 0.0197. The van der Waals surface area contributed by atoms with Crippen LogP contribution in [0, 0.1) is 5.92 Å². The first-order chi connectivity index (χ1) is 15.9. The van der Waals surface area contributed by atoms with Gasteiger partial charge in [-0.2, -0.15) is 4.31 Å². The zero-order valence-corrected chi connectivity index (χ0v) is 20.8. The summed E-state index contributed by atoms with van der Waals surface area (Å²) in [7, 11) is 0.510. The van der Waals surface area contributed by atoms with Crippen molar-refractivity contribution in [2.45, 2.75) is 62.3 Å². The first kappa shape index (κ1) is 24.2. The van der Waals surface area contributed by atoms with Crippen LogP contribution >= 0.6 is 0 Å². The molecule has 33 heavy (non-hydrogen) atoms. The van der Waals surface area contributed by atoms with E-state index < -0.39 is 10.0 Å². The van der Waals surface area contributed by atoms with Gasteiger partial charge in [0.1, 0.15) is 0 Å². The average molecular weight is 475 g/mol. The lowest BCUT2D eigenvalue weighted by Crippen LogP contribution is -2.45. The molecule has 0 spiro atoms. The van der Waals surface area contributed by atoms with Crippen LogP contribution in [-0.4, -0.2) is 67.4 Å². The van der Waals surface area contributed by atoms with Crippen molar-refractivity contribution in [2.75, 3.05) is 33.2 Å². The molecule has 1 saturated carbocycles. The molecule has 0 radical (unpaired) electrons. The Morgan fingerprint density at radius 1 is 1.12 bits per heavy atom. The van der Waals surface area contributed by atoms with Gasteiger partial charge in [0, 0.05) is 49.8 Å². The highest BCUT2D eigenvalue weighted by Crippen LogP contribution is 2.27. The number of piperidine rings is 1. The first-order valence-electron chi connectivity index (χ1n) is 12.4. The molecule has 2 fully saturated rings. The van der Waals surface area contributed by atoms with Gasteiger partial charge in [0.25, 0.3) is 0 Å². The van der Waals surface area contributed by atoms with Gasteiger partial charge in [0.2, 0.25) is 15.9 Å². The van der Waals surface area contributed by atoms with E-state index in [2.05, 4.69) is 17.3 Å². The van der Waals surface area contributed by atoms with Crippen molar-refractivity contribution in [3.8, 4) is 0 Å². The van der Waals surface area contributed by atoms with Crippen molar-refractivity contribution in [3.63, 3.8) is 0 Å². The fraction of sp³-hybridized carbons (Fsp3) is 0.640. The summed E-state index contributed by atoms with van der Waals surface area (Å²) in [6.07, 6.45) is 10.9. The van der Waals surface area contributed by atoms with Crippen LogP contribution in [-0.2, 0) is 21.9 Å². The molecule has 2 aliphatic rings. The van der Waals surface area contributed by atoms with Crippen molar-refractivity contribution in [2.24, 2.45) is 13.0 Å². The second kappa shape index (κ2) is 10.6. The summed E-state index contributed by atoms with van der Waals surface area (Å²) < 4.78 is 30.0. The Labute approximate surface area is 198 Å². The number of hydrogen-bond acceptors (Lipinski definition) is 4. The third kappa shape index (κ3) is 5.61. The molecule has 2 aromatic rings. The Hall–Kier alpha value is -1.90. The standard InChI is InChI=1S/C25H38N4O3S/c1-27(22-9-4-3-5-10-22)15-7-14-26-25(30)21-8-6-16-29(19-21)33(31,32)23-11-12-24-20(18-23)13-17-28(24)2/h11-13,17-18,21-22H,3-10,14-16,19H2,1-2H3,(H,26,30)/t21-/m0/s1. The zero-order valence-electron chi connectivity index (χ0n) is 20.0. The van der Waals surface area contributed by atoms with Gasteiger partial charge in [-0.3, -0.25) is 4.79 Å². The summed E-state index contributed by atoms with van der Waals surface area (Å²) in [5, 5.41) is 3.97. The quantitative estimate of drug-likeness (QED) is 0.596. The van der Waals surface area contributed by atoms with Crippen molar-refractivity contribution >= 4 is 26.8 Å². The highest BCUT2D eigenvalue weighted by Gasteiger charge is 2.33. The van der Waals surface area contributed by atoms with E-state index >= 15 is 0 Å². The predicted molar refractivity (Wildman–Crippen MR) is 132 cm³/mol. The number of aromatic nitrogens is 1. The number of benzene rings is 1. The molecular formula is C25H38N4O3S. The Bertz CT molecular complexity index is 1060. The molecule has 1 N–H and O–H groups in total. The van der Waals surface area contributed by atoms with Crippen molar-refractivity contribution < 1.29 is 13.2 Å². The van der Waals surface area contributed by atoms with Crippen molar-refractivity contribution in [3.05, 3.63) is 30.5 Å². The number of rotatable bonds is 8. The molecule has 7 nitrogen and oxygen atoms in total. The number of aryl methyl sites for hydroxylation is 1. The van der Waals surface area contributed by atoms with E-state index in [0.717, 1.165) is 30.3 Å².